The van der Waals surface area contributed by atoms with Crippen molar-refractivity contribution >= 4 is 17.8 Å². The van der Waals surface area contributed by atoms with Gasteiger partial charge in [0.1, 0.15) is 5.54 Å². The van der Waals surface area contributed by atoms with Crippen molar-refractivity contribution in [2.45, 2.75) is 31.7 Å². The first-order chi connectivity index (χ1) is 9.07. The molecule has 1 unspecified atom stereocenters. The summed E-state index contributed by atoms with van der Waals surface area (Å²) in [6.45, 7) is 4.00. The molecule has 7 heteroatoms. The van der Waals surface area contributed by atoms with E-state index in [0.29, 0.717) is 19.4 Å². The zero-order valence-corrected chi connectivity index (χ0v) is 11.1. The largest absolute Gasteiger partial charge is 0.339 e. The van der Waals surface area contributed by atoms with Crippen molar-refractivity contribution in [3.05, 3.63) is 0 Å². The Bertz CT molecular complexity index is 398. The molecule has 2 aliphatic rings. The van der Waals surface area contributed by atoms with Gasteiger partial charge in [0.05, 0.1) is 13.1 Å². The molecule has 2 rings (SSSR count). The van der Waals surface area contributed by atoms with Crippen molar-refractivity contribution in [3.8, 4) is 0 Å². The zero-order chi connectivity index (χ0) is 13.9. The highest BCUT2D eigenvalue weighted by Gasteiger charge is 2.49. The maximum atomic E-state index is 12.0. The van der Waals surface area contributed by atoms with Crippen LogP contribution in [0.2, 0.25) is 0 Å². The maximum Gasteiger partial charge on any atom is 0.322 e. The second-order valence-electron chi connectivity index (χ2n) is 5.09. The third-order valence-electron chi connectivity index (χ3n) is 3.56. The van der Waals surface area contributed by atoms with Crippen molar-refractivity contribution < 1.29 is 14.4 Å². The van der Waals surface area contributed by atoms with Gasteiger partial charge in [-0.05, 0) is 25.8 Å². The van der Waals surface area contributed by atoms with Gasteiger partial charge in [-0.25, -0.2) is 4.79 Å². The van der Waals surface area contributed by atoms with E-state index >= 15 is 0 Å². The molecule has 2 aliphatic heterocycles. The molecule has 1 spiro atoms. The standard InChI is InChI=1S/C12H20N4O3/c1-2-5-13-7-9(17)16-6-3-4-12(8-16)10(18)14-11(19)15-12/h13H,2-8H2,1H3,(H2,14,15,18,19). The first kappa shape index (κ1) is 13.8. The van der Waals surface area contributed by atoms with Crippen LogP contribution in [0.3, 0.4) is 0 Å². The van der Waals surface area contributed by atoms with Crippen LogP contribution in [0.1, 0.15) is 26.2 Å². The zero-order valence-electron chi connectivity index (χ0n) is 11.1. The molecule has 0 aromatic rings. The van der Waals surface area contributed by atoms with Crippen LogP contribution in [-0.2, 0) is 9.59 Å². The third kappa shape index (κ3) is 2.86. The molecule has 1 atom stereocenters. The molecule has 0 aromatic carbocycles. The molecule has 2 fully saturated rings. The molecule has 0 aromatic heterocycles. The van der Waals surface area contributed by atoms with Crippen LogP contribution >= 0.6 is 0 Å². The Morgan fingerprint density at radius 3 is 2.89 bits per heavy atom. The van der Waals surface area contributed by atoms with Gasteiger partial charge in [-0.3, -0.25) is 14.9 Å². The van der Waals surface area contributed by atoms with Crippen molar-refractivity contribution in [1.29, 1.82) is 0 Å². The molecule has 7 nitrogen and oxygen atoms in total. The van der Waals surface area contributed by atoms with E-state index in [2.05, 4.69) is 16.0 Å². The lowest BCUT2D eigenvalue weighted by molar-refractivity contribution is -0.135. The van der Waals surface area contributed by atoms with E-state index in [-0.39, 0.29) is 24.9 Å². The highest BCUT2D eigenvalue weighted by molar-refractivity contribution is 6.07. The monoisotopic (exact) mass is 268 g/mol. The summed E-state index contributed by atoms with van der Waals surface area (Å²) in [6, 6.07) is -0.469. The van der Waals surface area contributed by atoms with Gasteiger partial charge in [0.15, 0.2) is 0 Å². The summed E-state index contributed by atoms with van der Waals surface area (Å²) in [6.07, 6.45) is 2.26. The Morgan fingerprint density at radius 2 is 2.26 bits per heavy atom. The number of urea groups is 1. The summed E-state index contributed by atoms with van der Waals surface area (Å²) in [4.78, 5) is 36.8. The predicted octanol–water partition coefficient (Wildman–Crippen LogP) is -0.813. The molecule has 3 N–H and O–H groups in total. The van der Waals surface area contributed by atoms with Gasteiger partial charge in [0.25, 0.3) is 5.91 Å². The molecular formula is C12H20N4O3. The van der Waals surface area contributed by atoms with Crippen LogP contribution in [-0.4, -0.2) is 54.5 Å². The minimum absolute atomic E-state index is 0.0264. The number of nitrogens with zero attached hydrogens (tertiary/aromatic N) is 1. The van der Waals surface area contributed by atoms with E-state index < -0.39 is 11.6 Å². The van der Waals surface area contributed by atoms with Crippen LogP contribution in [0, 0.1) is 0 Å². The van der Waals surface area contributed by atoms with Crippen LogP contribution in [0.4, 0.5) is 4.79 Å². The average Bonchev–Trinajstić information content (AvgIpc) is 2.64. The van der Waals surface area contributed by atoms with E-state index in [0.717, 1.165) is 13.0 Å². The summed E-state index contributed by atoms with van der Waals surface area (Å²) in [5.41, 5.74) is -0.921. The number of nitrogens with one attached hydrogen (secondary N) is 3. The number of likely N-dealkylation sites (tertiary alicyclic amines) is 1. The molecule has 2 heterocycles. The number of rotatable bonds is 4. The fourth-order valence-corrected chi connectivity index (χ4v) is 2.57. The number of piperidine rings is 1. The normalized spacial score (nSPS) is 26.5. The topological polar surface area (TPSA) is 90.5 Å². The number of carbonyl (C=O) groups excluding carboxylic acids is 3. The molecule has 0 bridgehead atoms. The van der Waals surface area contributed by atoms with Crippen molar-refractivity contribution in [2.24, 2.45) is 0 Å². The summed E-state index contributed by atoms with van der Waals surface area (Å²) in [5.74, 6) is -0.349. The highest BCUT2D eigenvalue weighted by atomic mass is 16.2. The first-order valence-electron chi connectivity index (χ1n) is 6.69. The average molecular weight is 268 g/mol. The van der Waals surface area contributed by atoms with Gasteiger partial charge in [-0.15, -0.1) is 0 Å². The molecule has 2 saturated heterocycles. The van der Waals surface area contributed by atoms with Gasteiger partial charge in [0, 0.05) is 6.54 Å². The van der Waals surface area contributed by atoms with Gasteiger partial charge in [-0.1, -0.05) is 6.92 Å². The SMILES string of the molecule is CCCNCC(=O)N1CCCC2(C1)NC(=O)NC2=O. The second-order valence-corrected chi connectivity index (χ2v) is 5.09. The summed E-state index contributed by atoms with van der Waals surface area (Å²) < 4.78 is 0. The Morgan fingerprint density at radius 1 is 1.47 bits per heavy atom. The summed E-state index contributed by atoms with van der Waals surface area (Å²) >= 11 is 0. The predicted molar refractivity (Wildman–Crippen MR) is 68.4 cm³/mol. The molecule has 0 aliphatic carbocycles. The van der Waals surface area contributed by atoms with E-state index in [1.165, 1.54) is 0 Å². The van der Waals surface area contributed by atoms with Crippen LogP contribution in [0.5, 0.6) is 0 Å². The lowest BCUT2D eigenvalue weighted by atomic mass is 9.89. The molecule has 19 heavy (non-hydrogen) atoms. The number of carbonyl (C=O) groups is 3. The fraction of sp³-hybridized carbons (Fsp3) is 0.750. The van der Waals surface area contributed by atoms with E-state index in [1.54, 1.807) is 4.90 Å². The molecule has 0 saturated carbocycles. The van der Waals surface area contributed by atoms with Gasteiger partial charge < -0.3 is 15.5 Å². The first-order valence-corrected chi connectivity index (χ1v) is 6.69. The van der Waals surface area contributed by atoms with Crippen molar-refractivity contribution in [1.82, 2.24) is 20.9 Å². The lowest BCUT2D eigenvalue weighted by Gasteiger charge is -2.38. The molecule has 0 radical (unpaired) electrons. The molecule has 4 amide bonds. The number of amides is 4. The van der Waals surface area contributed by atoms with Crippen LogP contribution < -0.4 is 16.0 Å². The quantitative estimate of drug-likeness (QED) is 0.459. The van der Waals surface area contributed by atoms with E-state index in [1.807, 2.05) is 6.92 Å². The fourth-order valence-electron chi connectivity index (χ4n) is 2.57. The summed E-state index contributed by atoms with van der Waals surface area (Å²) in [7, 11) is 0. The smallest absolute Gasteiger partial charge is 0.322 e. The maximum absolute atomic E-state index is 12.0. The number of hydrogen-bond donors (Lipinski definition) is 3. The van der Waals surface area contributed by atoms with E-state index in [4.69, 9.17) is 0 Å². The minimum atomic E-state index is -0.921. The number of imide groups is 1. The molecular weight excluding hydrogens is 248 g/mol. The Labute approximate surface area is 112 Å². The summed E-state index contributed by atoms with van der Waals surface area (Å²) in [5, 5.41) is 7.96. The Hall–Kier alpha value is -1.63. The second kappa shape index (κ2) is 5.56. The highest BCUT2D eigenvalue weighted by Crippen LogP contribution is 2.24. The third-order valence-corrected chi connectivity index (χ3v) is 3.56. The number of hydrogen-bond acceptors (Lipinski definition) is 4. The van der Waals surface area contributed by atoms with Gasteiger partial charge in [0.2, 0.25) is 5.91 Å². The Kier molecular flexibility index (Phi) is 4.04. The van der Waals surface area contributed by atoms with Crippen LogP contribution in [0.25, 0.3) is 0 Å². The van der Waals surface area contributed by atoms with Gasteiger partial charge >= 0.3 is 6.03 Å². The Balaban J connectivity index is 1.95. The lowest BCUT2D eigenvalue weighted by Crippen LogP contribution is -2.60. The van der Waals surface area contributed by atoms with Crippen molar-refractivity contribution in [2.75, 3.05) is 26.2 Å². The van der Waals surface area contributed by atoms with E-state index in [9.17, 15) is 14.4 Å². The van der Waals surface area contributed by atoms with Gasteiger partial charge in [-0.2, -0.15) is 0 Å². The van der Waals surface area contributed by atoms with Crippen molar-refractivity contribution in [3.63, 3.8) is 0 Å². The van der Waals surface area contributed by atoms with Crippen LogP contribution in [0.15, 0.2) is 0 Å². The molecule has 106 valence electrons. The minimum Gasteiger partial charge on any atom is -0.339 e.